The summed E-state index contributed by atoms with van der Waals surface area (Å²) >= 11 is 0. The second kappa shape index (κ2) is 7.04. The SMILES string of the molecule is O=C(c1cncc(C#CCO)c1)N(CCO)C1CCC1. The molecule has 2 rings (SSSR count). The molecular formula is C15H18N2O3. The van der Waals surface area contributed by atoms with Crippen LogP contribution in [0, 0.1) is 11.8 Å². The lowest BCUT2D eigenvalue weighted by molar-refractivity contribution is 0.0525. The van der Waals surface area contributed by atoms with Gasteiger partial charge in [-0.2, -0.15) is 0 Å². The third-order valence-corrected chi connectivity index (χ3v) is 3.41. The number of hydrogen-bond acceptors (Lipinski definition) is 4. The molecule has 0 saturated heterocycles. The number of aliphatic hydroxyl groups is 2. The monoisotopic (exact) mass is 274 g/mol. The molecule has 106 valence electrons. The Kier molecular flexibility index (Phi) is 5.10. The predicted molar refractivity (Wildman–Crippen MR) is 74.0 cm³/mol. The molecule has 1 aromatic rings. The van der Waals surface area contributed by atoms with Crippen LogP contribution >= 0.6 is 0 Å². The Morgan fingerprint density at radius 1 is 1.40 bits per heavy atom. The third-order valence-electron chi connectivity index (χ3n) is 3.41. The molecule has 1 aliphatic rings. The van der Waals surface area contributed by atoms with Crippen molar-refractivity contribution < 1.29 is 15.0 Å². The van der Waals surface area contributed by atoms with E-state index in [1.165, 1.54) is 6.20 Å². The predicted octanol–water partition coefficient (Wildman–Crippen LogP) is 0.412. The zero-order chi connectivity index (χ0) is 14.4. The van der Waals surface area contributed by atoms with Crippen LogP contribution in [0.4, 0.5) is 0 Å². The molecule has 1 aromatic heterocycles. The van der Waals surface area contributed by atoms with Gasteiger partial charge in [0.15, 0.2) is 0 Å². The second-order valence-corrected chi connectivity index (χ2v) is 4.73. The summed E-state index contributed by atoms with van der Waals surface area (Å²) in [6.45, 7) is 0.0760. The van der Waals surface area contributed by atoms with Crippen LogP contribution in [0.3, 0.4) is 0 Å². The highest BCUT2D eigenvalue weighted by Crippen LogP contribution is 2.25. The first-order valence-corrected chi connectivity index (χ1v) is 6.73. The number of carbonyl (C=O) groups excluding carboxylic acids is 1. The summed E-state index contributed by atoms with van der Waals surface area (Å²) in [6, 6.07) is 1.89. The molecule has 1 fully saturated rings. The van der Waals surface area contributed by atoms with Crippen molar-refractivity contribution in [3.63, 3.8) is 0 Å². The van der Waals surface area contributed by atoms with Crippen LogP contribution in [-0.2, 0) is 0 Å². The average molecular weight is 274 g/mol. The van der Waals surface area contributed by atoms with Gasteiger partial charge >= 0.3 is 0 Å². The quantitative estimate of drug-likeness (QED) is 0.780. The minimum absolute atomic E-state index is 0.0420. The number of rotatable bonds is 4. The van der Waals surface area contributed by atoms with Crippen LogP contribution in [0.5, 0.6) is 0 Å². The number of aromatic nitrogens is 1. The fourth-order valence-corrected chi connectivity index (χ4v) is 2.19. The molecule has 0 aliphatic heterocycles. The summed E-state index contributed by atoms with van der Waals surface area (Å²) in [7, 11) is 0. The largest absolute Gasteiger partial charge is 0.395 e. The summed E-state index contributed by atoms with van der Waals surface area (Å²) in [5, 5.41) is 17.8. The highest BCUT2D eigenvalue weighted by Gasteiger charge is 2.29. The first-order valence-electron chi connectivity index (χ1n) is 6.73. The van der Waals surface area contributed by atoms with Crippen molar-refractivity contribution >= 4 is 5.91 Å². The molecule has 0 aromatic carbocycles. The number of amides is 1. The number of hydrogen-bond donors (Lipinski definition) is 2. The van der Waals surface area contributed by atoms with Gasteiger partial charge in [-0.25, -0.2) is 0 Å². The molecule has 5 heteroatoms. The van der Waals surface area contributed by atoms with Gasteiger partial charge < -0.3 is 15.1 Å². The summed E-state index contributed by atoms with van der Waals surface area (Å²) in [5.41, 5.74) is 1.07. The summed E-state index contributed by atoms with van der Waals surface area (Å²) in [4.78, 5) is 18.2. The van der Waals surface area contributed by atoms with Crippen LogP contribution < -0.4 is 0 Å². The van der Waals surface area contributed by atoms with E-state index in [4.69, 9.17) is 10.2 Å². The molecule has 1 aliphatic carbocycles. The minimum Gasteiger partial charge on any atom is -0.395 e. The molecule has 1 saturated carbocycles. The van der Waals surface area contributed by atoms with Gasteiger partial charge in [-0.15, -0.1) is 0 Å². The maximum absolute atomic E-state index is 12.5. The normalized spacial score (nSPS) is 14.1. The van der Waals surface area contributed by atoms with Crippen molar-refractivity contribution in [3.05, 3.63) is 29.6 Å². The Labute approximate surface area is 118 Å². The van der Waals surface area contributed by atoms with Gasteiger partial charge in [0.1, 0.15) is 6.61 Å². The molecule has 20 heavy (non-hydrogen) atoms. The Morgan fingerprint density at radius 3 is 2.80 bits per heavy atom. The average Bonchev–Trinajstić information content (AvgIpc) is 2.42. The molecule has 5 nitrogen and oxygen atoms in total. The number of aliphatic hydroxyl groups excluding tert-OH is 2. The fraction of sp³-hybridized carbons (Fsp3) is 0.467. The van der Waals surface area contributed by atoms with Gasteiger partial charge in [0.25, 0.3) is 5.91 Å². The minimum atomic E-state index is -0.225. The van der Waals surface area contributed by atoms with E-state index in [1.54, 1.807) is 17.2 Å². The maximum Gasteiger partial charge on any atom is 0.255 e. The van der Waals surface area contributed by atoms with E-state index in [-0.39, 0.29) is 25.2 Å². The van der Waals surface area contributed by atoms with Crippen molar-refractivity contribution in [1.82, 2.24) is 9.88 Å². The Balaban J connectivity index is 2.17. The molecule has 0 atom stereocenters. The summed E-state index contributed by atoms with van der Waals surface area (Å²) in [5.74, 6) is 5.14. The molecule has 0 radical (unpaired) electrons. The van der Waals surface area contributed by atoms with Crippen molar-refractivity contribution in [2.75, 3.05) is 19.8 Å². The standard InChI is InChI=1S/C15H18N2O3/c18-7-2-3-12-9-13(11-16-10-12)15(20)17(6-8-19)14-4-1-5-14/h9-11,14,18-19H,1,4-8H2. The number of nitrogens with zero attached hydrogens (tertiary/aromatic N) is 2. The second-order valence-electron chi connectivity index (χ2n) is 4.73. The van der Waals surface area contributed by atoms with E-state index in [1.807, 2.05) is 0 Å². The molecule has 0 spiro atoms. The summed E-state index contributed by atoms with van der Waals surface area (Å²) in [6.07, 6.45) is 6.17. The van der Waals surface area contributed by atoms with Crippen LogP contribution in [0.2, 0.25) is 0 Å². The van der Waals surface area contributed by atoms with Gasteiger partial charge in [-0.1, -0.05) is 11.8 Å². The molecule has 1 amide bonds. The first-order chi connectivity index (χ1) is 9.76. The van der Waals surface area contributed by atoms with E-state index < -0.39 is 0 Å². The molecule has 2 N–H and O–H groups in total. The van der Waals surface area contributed by atoms with Gasteiger partial charge in [0.05, 0.1) is 12.2 Å². The van der Waals surface area contributed by atoms with Crippen LogP contribution in [-0.4, -0.2) is 51.8 Å². The van der Waals surface area contributed by atoms with Gasteiger partial charge in [0.2, 0.25) is 0 Å². The zero-order valence-corrected chi connectivity index (χ0v) is 11.2. The lowest BCUT2D eigenvalue weighted by Crippen LogP contribution is -2.45. The van der Waals surface area contributed by atoms with Crippen molar-refractivity contribution in [2.24, 2.45) is 0 Å². The summed E-state index contributed by atoms with van der Waals surface area (Å²) < 4.78 is 0. The molecule has 0 unspecified atom stereocenters. The zero-order valence-electron chi connectivity index (χ0n) is 11.2. The number of carbonyl (C=O) groups is 1. The van der Waals surface area contributed by atoms with Gasteiger partial charge in [-0.05, 0) is 25.3 Å². The van der Waals surface area contributed by atoms with E-state index in [0.717, 1.165) is 19.3 Å². The molecule has 0 bridgehead atoms. The lowest BCUT2D eigenvalue weighted by atomic mass is 9.91. The van der Waals surface area contributed by atoms with Crippen molar-refractivity contribution in [2.45, 2.75) is 25.3 Å². The third kappa shape index (κ3) is 3.35. The van der Waals surface area contributed by atoms with Gasteiger partial charge in [0, 0.05) is 30.5 Å². The van der Waals surface area contributed by atoms with Crippen LogP contribution in [0.15, 0.2) is 18.5 Å². The highest BCUT2D eigenvalue weighted by atomic mass is 16.3. The maximum atomic E-state index is 12.5. The lowest BCUT2D eigenvalue weighted by Gasteiger charge is -2.37. The van der Waals surface area contributed by atoms with E-state index >= 15 is 0 Å². The smallest absolute Gasteiger partial charge is 0.255 e. The van der Waals surface area contributed by atoms with E-state index in [2.05, 4.69) is 16.8 Å². The van der Waals surface area contributed by atoms with Crippen molar-refractivity contribution in [3.8, 4) is 11.8 Å². The van der Waals surface area contributed by atoms with Crippen LogP contribution in [0.1, 0.15) is 35.2 Å². The van der Waals surface area contributed by atoms with E-state index in [0.29, 0.717) is 17.7 Å². The van der Waals surface area contributed by atoms with E-state index in [9.17, 15) is 4.79 Å². The molecule has 1 heterocycles. The Bertz CT molecular complexity index is 529. The fourth-order valence-electron chi connectivity index (χ4n) is 2.19. The first kappa shape index (κ1) is 14.5. The van der Waals surface area contributed by atoms with Crippen molar-refractivity contribution in [1.29, 1.82) is 0 Å². The Morgan fingerprint density at radius 2 is 2.20 bits per heavy atom. The highest BCUT2D eigenvalue weighted by molar-refractivity contribution is 5.94. The topological polar surface area (TPSA) is 73.7 Å². The Hall–Kier alpha value is -1.90. The molecular weight excluding hydrogens is 256 g/mol. The van der Waals surface area contributed by atoms with Crippen LogP contribution in [0.25, 0.3) is 0 Å². The van der Waals surface area contributed by atoms with Gasteiger partial charge in [-0.3, -0.25) is 9.78 Å². The number of pyridine rings is 1.